The minimum absolute atomic E-state index is 0.0182. The van der Waals surface area contributed by atoms with Gasteiger partial charge in [0.1, 0.15) is 0 Å². The number of benzene rings is 2. The van der Waals surface area contributed by atoms with E-state index in [0.29, 0.717) is 23.5 Å². The Hall–Kier alpha value is -2.29. The highest BCUT2D eigenvalue weighted by molar-refractivity contribution is 6.00. The van der Waals surface area contributed by atoms with Crippen molar-refractivity contribution in [2.24, 2.45) is 0 Å². The van der Waals surface area contributed by atoms with E-state index in [1.54, 1.807) is 32.4 Å². The van der Waals surface area contributed by atoms with Gasteiger partial charge in [-0.25, -0.2) is 0 Å². The van der Waals surface area contributed by atoms with E-state index in [9.17, 15) is 4.79 Å². The van der Waals surface area contributed by atoms with E-state index in [1.165, 1.54) is 5.56 Å². The summed E-state index contributed by atoms with van der Waals surface area (Å²) in [4.78, 5) is 12.4. The fourth-order valence-corrected chi connectivity index (χ4v) is 2.09. The summed E-state index contributed by atoms with van der Waals surface area (Å²) in [6, 6.07) is 13.3. The number of para-hydroxylation sites is 1. The van der Waals surface area contributed by atoms with E-state index in [-0.39, 0.29) is 5.78 Å². The fraction of sp³-hybridized carbons (Fsp3) is 0.235. The van der Waals surface area contributed by atoms with Crippen LogP contribution in [0.25, 0.3) is 0 Å². The van der Waals surface area contributed by atoms with Crippen molar-refractivity contribution in [3.8, 4) is 11.5 Å². The zero-order chi connectivity index (χ0) is 14.5. The third-order valence-corrected chi connectivity index (χ3v) is 3.19. The molecule has 0 N–H and O–H groups in total. The molecule has 0 atom stereocenters. The molecule has 20 heavy (non-hydrogen) atoms. The number of carbonyl (C=O) groups is 1. The van der Waals surface area contributed by atoms with E-state index in [1.807, 2.05) is 31.2 Å². The maximum Gasteiger partial charge on any atom is 0.171 e. The van der Waals surface area contributed by atoms with Crippen molar-refractivity contribution in [2.45, 2.75) is 13.3 Å². The Morgan fingerprint density at radius 3 is 2.30 bits per heavy atom. The molecule has 0 radical (unpaired) electrons. The van der Waals surface area contributed by atoms with Gasteiger partial charge in [-0.3, -0.25) is 4.79 Å². The van der Waals surface area contributed by atoms with E-state index in [2.05, 4.69) is 0 Å². The molecule has 0 amide bonds. The van der Waals surface area contributed by atoms with Crippen LogP contribution in [0, 0.1) is 6.92 Å². The molecule has 0 aliphatic rings. The standard InChI is InChI=1S/C17H18O3/c1-12-7-9-13(10-8-12)11-15(18)14-5-4-6-16(19-2)17(14)20-3/h4-10H,11H2,1-3H3. The number of ketones is 1. The van der Waals surface area contributed by atoms with Crippen LogP contribution in [0.2, 0.25) is 0 Å². The number of carbonyl (C=O) groups excluding carboxylic acids is 1. The van der Waals surface area contributed by atoms with Crippen molar-refractivity contribution in [3.63, 3.8) is 0 Å². The van der Waals surface area contributed by atoms with Crippen molar-refractivity contribution >= 4 is 5.78 Å². The second kappa shape index (κ2) is 6.24. The SMILES string of the molecule is COc1cccc(C(=O)Cc2ccc(C)cc2)c1OC. The molecular weight excluding hydrogens is 252 g/mol. The van der Waals surface area contributed by atoms with Crippen LogP contribution in [0.15, 0.2) is 42.5 Å². The summed E-state index contributed by atoms with van der Waals surface area (Å²) >= 11 is 0. The lowest BCUT2D eigenvalue weighted by molar-refractivity contribution is 0.0989. The molecule has 0 heterocycles. The smallest absolute Gasteiger partial charge is 0.171 e. The maximum absolute atomic E-state index is 12.4. The molecule has 2 rings (SSSR count). The average molecular weight is 270 g/mol. The van der Waals surface area contributed by atoms with E-state index in [0.717, 1.165) is 5.56 Å². The van der Waals surface area contributed by atoms with Gasteiger partial charge < -0.3 is 9.47 Å². The van der Waals surface area contributed by atoms with Gasteiger partial charge in [-0.05, 0) is 24.6 Å². The molecular formula is C17H18O3. The van der Waals surface area contributed by atoms with Gasteiger partial charge >= 0.3 is 0 Å². The minimum Gasteiger partial charge on any atom is -0.493 e. The molecule has 2 aromatic carbocycles. The van der Waals surface area contributed by atoms with E-state index >= 15 is 0 Å². The molecule has 3 nitrogen and oxygen atoms in total. The second-order valence-corrected chi connectivity index (χ2v) is 4.63. The van der Waals surface area contributed by atoms with Crippen molar-refractivity contribution in [2.75, 3.05) is 14.2 Å². The van der Waals surface area contributed by atoms with Gasteiger partial charge in [0, 0.05) is 6.42 Å². The summed E-state index contributed by atoms with van der Waals surface area (Å²) in [5.41, 5.74) is 2.72. The van der Waals surface area contributed by atoms with Crippen LogP contribution in [-0.4, -0.2) is 20.0 Å². The number of rotatable bonds is 5. The lowest BCUT2D eigenvalue weighted by atomic mass is 10.0. The molecule has 0 aromatic heterocycles. The van der Waals surface area contributed by atoms with Gasteiger partial charge in [0.25, 0.3) is 0 Å². The Labute approximate surface area is 119 Å². The molecule has 2 aromatic rings. The third-order valence-electron chi connectivity index (χ3n) is 3.19. The van der Waals surface area contributed by atoms with Crippen LogP contribution >= 0.6 is 0 Å². The largest absolute Gasteiger partial charge is 0.493 e. The normalized spacial score (nSPS) is 10.2. The molecule has 0 saturated carbocycles. The summed E-state index contributed by atoms with van der Waals surface area (Å²) in [5.74, 6) is 1.08. The van der Waals surface area contributed by atoms with Gasteiger partial charge in [0.15, 0.2) is 17.3 Å². The zero-order valence-electron chi connectivity index (χ0n) is 12.0. The molecule has 104 valence electrons. The predicted octanol–water partition coefficient (Wildman–Crippen LogP) is 3.44. The molecule has 0 bridgehead atoms. The van der Waals surface area contributed by atoms with Crippen LogP contribution in [0.5, 0.6) is 11.5 Å². The molecule has 0 unspecified atom stereocenters. The van der Waals surface area contributed by atoms with Crippen LogP contribution in [0.3, 0.4) is 0 Å². The third kappa shape index (κ3) is 2.99. The highest BCUT2D eigenvalue weighted by Crippen LogP contribution is 2.31. The Kier molecular flexibility index (Phi) is 4.41. The van der Waals surface area contributed by atoms with Gasteiger partial charge in [-0.2, -0.15) is 0 Å². The first kappa shape index (κ1) is 14.1. The highest BCUT2D eigenvalue weighted by atomic mass is 16.5. The zero-order valence-corrected chi connectivity index (χ0v) is 12.0. The average Bonchev–Trinajstić information content (AvgIpc) is 2.48. The summed E-state index contributed by atoms with van der Waals surface area (Å²) in [6.07, 6.45) is 0.351. The topological polar surface area (TPSA) is 35.5 Å². The minimum atomic E-state index is 0.0182. The van der Waals surface area contributed by atoms with Crippen molar-refractivity contribution < 1.29 is 14.3 Å². The van der Waals surface area contributed by atoms with Crippen molar-refractivity contribution in [1.82, 2.24) is 0 Å². The maximum atomic E-state index is 12.4. The van der Waals surface area contributed by atoms with Crippen LogP contribution in [-0.2, 0) is 6.42 Å². The van der Waals surface area contributed by atoms with Crippen molar-refractivity contribution in [1.29, 1.82) is 0 Å². The van der Waals surface area contributed by atoms with Gasteiger partial charge in [0.2, 0.25) is 0 Å². The first-order chi connectivity index (χ1) is 9.65. The van der Waals surface area contributed by atoms with Crippen LogP contribution in [0.1, 0.15) is 21.5 Å². The predicted molar refractivity (Wildman–Crippen MR) is 78.8 cm³/mol. The Morgan fingerprint density at radius 1 is 1.00 bits per heavy atom. The summed E-state index contributed by atoms with van der Waals surface area (Å²) in [6.45, 7) is 2.02. The fourth-order valence-electron chi connectivity index (χ4n) is 2.09. The Morgan fingerprint density at radius 2 is 1.70 bits per heavy atom. The lowest BCUT2D eigenvalue weighted by Crippen LogP contribution is -2.06. The molecule has 0 aliphatic heterocycles. The van der Waals surface area contributed by atoms with Gasteiger partial charge in [-0.15, -0.1) is 0 Å². The first-order valence-electron chi connectivity index (χ1n) is 6.45. The molecule has 0 saturated heterocycles. The molecule has 0 spiro atoms. The summed E-state index contributed by atoms with van der Waals surface area (Å²) in [5, 5.41) is 0. The monoisotopic (exact) mass is 270 g/mol. The second-order valence-electron chi connectivity index (χ2n) is 4.63. The Balaban J connectivity index is 2.27. The van der Waals surface area contributed by atoms with Crippen LogP contribution < -0.4 is 9.47 Å². The van der Waals surface area contributed by atoms with Crippen LogP contribution in [0.4, 0.5) is 0 Å². The lowest BCUT2D eigenvalue weighted by Gasteiger charge is -2.11. The van der Waals surface area contributed by atoms with Crippen molar-refractivity contribution in [3.05, 3.63) is 59.2 Å². The van der Waals surface area contributed by atoms with E-state index < -0.39 is 0 Å². The first-order valence-corrected chi connectivity index (χ1v) is 6.45. The molecule has 0 fully saturated rings. The number of aryl methyl sites for hydroxylation is 1. The molecule has 3 heteroatoms. The number of Topliss-reactive ketones (excluding diaryl/α,β-unsaturated/α-hetero) is 1. The number of hydrogen-bond acceptors (Lipinski definition) is 3. The summed E-state index contributed by atoms with van der Waals surface area (Å²) in [7, 11) is 3.10. The van der Waals surface area contributed by atoms with E-state index in [4.69, 9.17) is 9.47 Å². The number of hydrogen-bond donors (Lipinski definition) is 0. The Bertz CT molecular complexity index is 600. The quantitative estimate of drug-likeness (QED) is 0.781. The van der Waals surface area contributed by atoms with Gasteiger partial charge in [-0.1, -0.05) is 35.9 Å². The van der Waals surface area contributed by atoms with Gasteiger partial charge in [0.05, 0.1) is 19.8 Å². The highest BCUT2D eigenvalue weighted by Gasteiger charge is 2.16. The summed E-state index contributed by atoms with van der Waals surface area (Å²) < 4.78 is 10.5. The number of ether oxygens (including phenoxy) is 2. The molecule has 0 aliphatic carbocycles. The number of methoxy groups -OCH3 is 2.